The molecule has 0 aromatic rings. The van der Waals surface area contributed by atoms with Crippen LogP contribution in [0.1, 0.15) is 84.5 Å². The highest BCUT2D eigenvalue weighted by Crippen LogP contribution is 2.43. The molecule has 0 aromatic carbocycles. The van der Waals surface area contributed by atoms with Crippen LogP contribution in [0.15, 0.2) is 0 Å². The number of carbonyl (C=O) groups is 2. The van der Waals surface area contributed by atoms with Crippen LogP contribution in [0.3, 0.4) is 0 Å². The van der Waals surface area contributed by atoms with Crippen LogP contribution in [0.2, 0.25) is 0 Å². The minimum atomic E-state index is -4.32. The van der Waals surface area contributed by atoms with Crippen LogP contribution >= 0.6 is 7.82 Å². The van der Waals surface area contributed by atoms with Crippen molar-refractivity contribution >= 4 is 19.8 Å². The van der Waals surface area contributed by atoms with Gasteiger partial charge in [0.15, 0.2) is 6.10 Å². The second-order valence-corrected chi connectivity index (χ2v) is 8.61. The summed E-state index contributed by atoms with van der Waals surface area (Å²) in [5, 5.41) is 0. The molecule has 0 rings (SSSR count). The summed E-state index contributed by atoms with van der Waals surface area (Å²) in [4.78, 5) is 33.4. The van der Waals surface area contributed by atoms with Crippen molar-refractivity contribution in [1.82, 2.24) is 0 Å². The fraction of sp³-hybridized carbons (Fsp3) is 0.900. The molecule has 9 nitrogen and oxygen atoms in total. The van der Waals surface area contributed by atoms with Gasteiger partial charge >= 0.3 is 19.8 Å². The number of ether oxygens (including phenoxy) is 2. The minimum absolute atomic E-state index is 0.0554. The third-order valence-electron chi connectivity index (χ3n) is 4.24. The van der Waals surface area contributed by atoms with Crippen LogP contribution in [-0.2, 0) is 32.7 Å². The average Bonchev–Trinajstić information content (AvgIpc) is 2.72. The monoisotopic (exact) mass is 453 g/mol. The van der Waals surface area contributed by atoms with Crippen LogP contribution in [-0.4, -0.2) is 49.3 Å². The Kier molecular flexibility index (Phi) is 18.1. The van der Waals surface area contributed by atoms with Gasteiger partial charge in [0, 0.05) is 19.4 Å². The maximum atomic E-state index is 12.1. The average molecular weight is 454 g/mol. The van der Waals surface area contributed by atoms with Crippen molar-refractivity contribution in [2.45, 2.75) is 90.6 Å². The third kappa shape index (κ3) is 17.8. The van der Waals surface area contributed by atoms with Crippen LogP contribution in [0, 0.1) is 0 Å². The van der Waals surface area contributed by atoms with E-state index in [4.69, 9.17) is 19.7 Å². The number of hydrogen-bond acceptors (Lipinski definition) is 8. The minimum Gasteiger partial charge on any atom is -0.462 e. The Hall–Kier alpha value is -0.990. The zero-order valence-electron chi connectivity index (χ0n) is 18.5. The van der Waals surface area contributed by atoms with E-state index in [2.05, 4.69) is 11.4 Å². The number of phosphoric ester groups is 1. The highest BCUT2D eigenvalue weighted by molar-refractivity contribution is 7.47. The summed E-state index contributed by atoms with van der Waals surface area (Å²) >= 11 is 0. The topological polar surface area (TPSA) is 134 Å². The van der Waals surface area contributed by atoms with Crippen LogP contribution in [0.4, 0.5) is 0 Å². The molecule has 0 fully saturated rings. The van der Waals surface area contributed by atoms with E-state index in [0.717, 1.165) is 25.7 Å². The van der Waals surface area contributed by atoms with Crippen molar-refractivity contribution in [2.24, 2.45) is 5.73 Å². The number of hydrogen-bond donors (Lipinski definition) is 2. The van der Waals surface area contributed by atoms with E-state index < -0.39 is 32.5 Å². The molecule has 0 saturated heterocycles. The molecule has 0 bridgehead atoms. The molecule has 0 aliphatic rings. The lowest BCUT2D eigenvalue weighted by atomic mass is 10.1. The van der Waals surface area contributed by atoms with Gasteiger partial charge in [-0.3, -0.25) is 18.6 Å². The van der Waals surface area contributed by atoms with E-state index >= 15 is 0 Å². The van der Waals surface area contributed by atoms with Crippen LogP contribution in [0.5, 0.6) is 0 Å². The fourth-order valence-electron chi connectivity index (χ4n) is 2.55. The first-order valence-corrected chi connectivity index (χ1v) is 12.5. The number of phosphoric acid groups is 1. The Morgan fingerprint density at radius 3 is 2.10 bits per heavy atom. The predicted molar refractivity (Wildman–Crippen MR) is 114 cm³/mol. The zero-order valence-corrected chi connectivity index (χ0v) is 19.4. The van der Waals surface area contributed by atoms with E-state index in [-0.39, 0.29) is 32.6 Å². The smallest absolute Gasteiger partial charge is 0.462 e. The first-order chi connectivity index (χ1) is 14.3. The summed E-state index contributed by atoms with van der Waals surface area (Å²) in [6.45, 7) is 3.35. The van der Waals surface area contributed by atoms with Crippen molar-refractivity contribution in [1.29, 1.82) is 0 Å². The second kappa shape index (κ2) is 18.8. The number of unbranched alkanes of at least 4 members (excludes halogenated alkanes) is 7. The van der Waals surface area contributed by atoms with Crippen molar-refractivity contribution in [2.75, 3.05) is 26.4 Å². The molecule has 0 radical (unpaired) electrons. The first-order valence-electron chi connectivity index (χ1n) is 11.0. The molecular formula is C20H40NO8P. The number of rotatable bonds is 20. The van der Waals surface area contributed by atoms with Crippen molar-refractivity contribution in [3.8, 4) is 0 Å². The van der Waals surface area contributed by atoms with Gasteiger partial charge in [0.25, 0.3) is 0 Å². The number of esters is 2. The maximum absolute atomic E-state index is 12.1. The van der Waals surface area contributed by atoms with Crippen LogP contribution in [0.25, 0.3) is 0 Å². The Labute approximate surface area is 180 Å². The van der Waals surface area contributed by atoms with Gasteiger partial charge in [-0.15, -0.1) is 0 Å². The summed E-state index contributed by atoms with van der Waals surface area (Å²) in [5.41, 5.74) is 5.23. The summed E-state index contributed by atoms with van der Waals surface area (Å²) in [7, 11) is -4.32. The molecule has 0 saturated carbocycles. The normalized spacial score (nSPS) is 14.1. The second-order valence-electron chi connectivity index (χ2n) is 7.16. The number of nitrogens with two attached hydrogens (primary N) is 1. The molecule has 2 unspecified atom stereocenters. The fourth-order valence-corrected chi connectivity index (χ4v) is 3.31. The predicted octanol–water partition coefficient (Wildman–Crippen LogP) is 3.86. The maximum Gasteiger partial charge on any atom is 0.472 e. The summed E-state index contributed by atoms with van der Waals surface area (Å²) < 4.78 is 31.7. The molecule has 178 valence electrons. The van der Waals surface area contributed by atoms with Crippen LogP contribution < -0.4 is 5.73 Å². The van der Waals surface area contributed by atoms with Gasteiger partial charge in [-0.25, -0.2) is 4.57 Å². The van der Waals surface area contributed by atoms with E-state index in [0.29, 0.717) is 12.8 Å². The third-order valence-corrected chi connectivity index (χ3v) is 5.23. The van der Waals surface area contributed by atoms with Gasteiger partial charge < -0.3 is 20.1 Å². The number of carbonyl (C=O) groups excluding carboxylic acids is 2. The highest BCUT2D eigenvalue weighted by atomic mass is 31.2. The van der Waals surface area contributed by atoms with E-state index in [1.807, 2.05) is 6.92 Å². The Morgan fingerprint density at radius 1 is 0.867 bits per heavy atom. The van der Waals surface area contributed by atoms with Crippen molar-refractivity contribution in [3.05, 3.63) is 0 Å². The van der Waals surface area contributed by atoms with E-state index in [9.17, 15) is 19.0 Å². The Morgan fingerprint density at radius 2 is 1.47 bits per heavy atom. The molecule has 10 heteroatoms. The lowest BCUT2D eigenvalue weighted by Gasteiger charge is -2.19. The largest absolute Gasteiger partial charge is 0.472 e. The Bertz CT molecular complexity index is 503. The molecule has 0 aromatic heterocycles. The lowest BCUT2D eigenvalue weighted by Crippen LogP contribution is -2.29. The molecule has 0 heterocycles. The molecule has 3 N–H and O–H groups in total. The lowest BCUT2D eigenvalue weighted by molar-refractivity contribution is -0.161. The quantitative estimate of drug-likeness (QED) is 0.160. The molecule has 0 amide bonds. The standard InChI is InChI=1S/C20H40NO8P/c1-3-5-7-8-9-10-11-13-20(23)29-18(16-26-19(22)12-6-4-2)17-28-30(24,25)27-15-14-21/h18H,3-17,21H2,1-2H3,(H,24,25). The zero-order chi connectivity index (χ0) is 22.7. The van der Waals surface area contributed by atoms with Gasteiger partial charge in [-0.2, -0.15) is 0 Å². The summed E-state index contributed by atoms with van der Waals surface area (Å²) in [5.74, 6) is -0.881. The van der Waals surface area contributed by atoms with Crippen molar-refractivity contribution < 1.29 is 37.6 Å². The van der Waals surface area contributed by atoms with Gasteiger partial charge in [0.2, 0.25) is 0 Å². The molecule has 0 aliphatic heterocycles. The van der Waals surface area contributed by atoms with Gasteiger partial charge in [0.05, 0.1) is 13.2 Å². The van der Waals surface area contributed by atoms with E-state index in [1.165, 1.54) is 19.3 Å². The van der Waals surface area contributed by atoms with Gasteiger partial charge in [-0.1, -0.05) is 58.8 Å². The summed E-state index contributed by atoms with van der Waals surface area (Å²) in [6.07, 6.45) is 8.52. The van der Waals surface area contributed by atoms with E-state index in [1.54, 1.807) is 0 Å². The van der Waals surface area contributed by atoms with Gasteiger partial charge in [0.1, 0.15) is 6.61 Å². The molecule has 0 spiro atoms. The first kappa shape index (κ1) is 29.0. The molecule has 2 atom stereocenters. The molecule has 30 heavy (non-hydrogen) atoms. The van der Waals surface area contributed by atoms with Gasteiger partial charge in [-0.05, 0) is 12.8 Å². The molecular weight excluding hydrogens is 413 g/mol. The Balaban J connectivity index is 4.43. The highest BCUT2D eigenvalue weighted by Gasteiger charge is 2.25. The molecule has 0 aliphatic carbocycles. The SMILES string of the molecule is CCCCCCCCCC(=O)OC(COC(=O)CCCC)COP(=O)(O)OCCN. The summed E-state index contributed by atoms with van der Waals surface area (Å²) in [6, 6.07) is 0. The van der Waals surface area contributed by atoms with Crippen molar-refractivity contribution in [3.63, 3.8) is 0 Å².